The number of nitrogens with two attached hydrogens (primary N) is 1. The van der Waals surface area contributed by atoms with Crippen molar-refractivity contribution < 1.29 is 0 Å². The van der Waals surface area contributed by atoms with E-state index in [9.17, 15) is 0 Å². The zero-order chi connectivity index (χ0) is 14.7. The van der Waals surface area contributed by atoms with Crippen LogP contribution in [0.15, 0.2) is 30.5 Å². The Kier molecular flexibility index (Phi) is 4.39. The number of pyridine rings is 1. The smallest absolute Gasteiger partial charge is 0.0723 e. The van der Waals surface area contributed by atoms with Crippen molar-refractivity contribution >= 4 is 16.6 Å². The number of anilines is 1. The average Bonchev–Trinajstić information content (AvgIpc) is 2.54. The van der Waals surface area contributed by atoms with Crippen molar-refractivity contribution in [2.75, 3.05) is 18.5 Å². The summed E-state index contributed by atoms with van der Waals surface area (Å²) < 4.78 is 0. The van der Waals surface area contributed by atoms with Gasteiger partial charge < -0.3 is 10.6 Å². The van der Waals surface area contributed by atoms with Crippen LogP contribution in [0.4, 0.5) is 5.69 Å². The molecular weight excluding hydrogens is 258 g/mol. The normalized spacial score (nSPS) is 16.3. The van der Waals surface area contributed by atoms with E-state index in [-0.39, 0.29) is 0 Å². The molecular formula is C18H25N3. The number of fused-ring (bicyclic) bond motifs is 1. The molecule has 0 saturated heterocycles. The van der Waals surface area contributed by atoms with Gasteiger partial charge in [0.25, 0.3) is 0 Å². The molecule has 1 saturated carbocycles. The van der Waals surface area contributed by atoms with Crippen LogP contribution in [0.5, 0.6) is 0 Å². The molecule has 0 spiro atoms. The van der Waals surface area contributed by atoms with Gasteiger partial charge in [-0.05, 0) is 24.8 Å². The molecule has 0 unspecified atom stereocenters. The number of aromatic nitrogens is 1. The van der Waals surface area contributed by atoms with Crippen LogP contribution >= 0.6 is 0 Å². The Morgan fingerprint density at radius 2 is 1.95 bits per heavy atom. The van der Waals surface area contributed by atoms with Crippen LogP contribution in [-0.2, 0) is 6.54 Å². The van der Waals surface area contributed by atoms with Crippen molar-refractivity contribution in [3.05, 3.63) is 36.0 Å². The summed E-state index contributed by atoms with van der Waals surface area (Å²) in [5.41, 5.74) is 9.42. The molecule has 0 bridgehead atoms. The lowest BCUT2D eigenvalue weighted by Gasteiger charge is -2.30. The van der Waals surface area contributed by atoms with Gasteiger partial charge >= 0.3 is 0 Å². The molecule has 2 aromatic rings. The lowest BCUT2D eigenvalue weighted by molar-refractivity contribution is 0.362. The Morgan fingerprint density at radius 3 is 2.71 bits per heavy atom. The molecule has 0 aliphatic heterocycles. The topological polar surface area (TPSA) is 42.1 Å². The number of nitrogens with zero attached hydrogens (tertiary/aromatic N) is 2. The molecule has 0 atom stereocenters. The molecule has 0 amide bonds. The minimum Gasteiger partial charge on any atom is -0.373 e. The molecule has 1 aliphatic rings. The van der Waals surface area contributed by atoms with Crippen LogP contribution in [0.3, 0.4) is 0 Å². The highest BCUT2D eigenvalue weighted by molar-refractivity contribution is 5.93. The first-order valence-electron chi connectivity index (χ1n) is 8.07. The first kappa shape index (κ1) is 14.3. The molecule has 2 N–H and O–H groups in total. The summed E-state index contributed by atoms with van der Waals surface area (Å²) >= 11 is 0. The van der Waals surface area contributed by atoms with Gasteiger partial charge in [-0.3, -0.25) is 4.98 Å². The standard InChI is InChI=1S/C18H25N3/c1-21(13-14-7-3-2-4-8-14)18-15(11-19)12-20-17-10-6-5-9-16(17)18/h5-6,9-10,12,14H,2-4,7-8,11,13,19H2,1H3. The predicted octanol–water partition coefficient (Wildman–Crippen LogP) is 3.71. The number of hydrogen-bond donors (Lipinski definition) is 1. The maximum absolute atomic E-state index is 5.95. The first-order valence-corrected chi connectivity index (χ1v) is 8.07. The van der Waals surface area contributed by atoms with Gasteiger partial charge in [-0.1, -0.05) is 37.5 Å². The molecule has 3 nitrogen and oxygen atoms in total. The van der Waals surface area contributed by atoms with E-state index in [1.54, 1.807) is 0 Å². The lowest BCUT2D eigenvalue weighted by atomic mass is 9.89. The fourth-order valence-electron chi connectivity index (χ4n) is 3.62. The Hall–Kier alpha value is -1.61. The summed E-state index contributed by atoms with van der Waals surface area (Å²) in [4.78, 5) is 6.94. The van der Waals surface area contributed by atoms with Gasteiger partial charge in [0.2, 0.25) is 0 Å². The summed E-state index contributed by atoms with van der Waals surface area (Å²) in [7, 11) is 2.20. The van der Waals surface area contributed by atoms with Crippen LogP contribution in [0, 0.1) is 5.92 Å². The van der Waals surface area contributed by atoms with Gasteiger partial charge in [0.1, 0.15) is 0 Å². The largest absolute Gasteiger partial charge is 0.373 e. The van der Waals surface area contributed by atoms with Crippen LogP contribution in [0.25, 0.3) is 10.9 Å². The Bertz CT molecular complexity index is 602. The van der Waals surface area contributed by atoms with E-state index >= 15 is 0 Å². The highest BCUT2D eigenvalue weighted by Gasteiger charge is 2.18. The second-order valence-electron chi connectivity index (χ2n) is 6.24. The van der Waals surface area contributed by atoms with E-state index < -0.39 is 0 Å². The molecule has 21 heavy (non-hydrogen) atoms. The Morgan fingerprint density at radius 1 is 1.19 bits per heavy atom. The molecule has 1 aliphatic carbocycles. The highest BCUT2D eigenvalue weighted by atomic mass is 15.1. The van der Waals surface area contributed by atoms with Crippen molar-refractivity contribution in [3.63, 3.8) is 0 Å². The van der Waals surface area contributed by atoms with Crippen molar-refractivity contribution in [2.24, 2.45) is 11.7 Å². The third-order valence-corrected chi connectivity index (χ3v) is 4.68. The van der Waals surface area contributed by atoms with Crippen molar-refractivity contribution in [3.8, 4) is 0 Å². The van der Waals surface area contributed by atoms with Gasteiger partial charge in [0.05, 0.1) is 11.2 Å². The van der Waals surface area contributed by atoms with Gasteiger partial charge in [-0.15, -0.1) is 0 Å². The van der Waals surface area contributed by atoms with Crippen LogP contribution in [0.2, 0.25) is 0 Å². The summed E-state index contributed by atoms with van der Waals surface area (Å²) in [6.07, 6.45) is 8.86. The fourth-order valence-corrected chi connectivity index (χ4v) is 3.62. The van der Waals surface area contributed by atoms with E-state index in [1.807, 2.05) is 12.3 Å². The number of hydrogen-bond acceptors (Lipinski definition) is 3. The van der Waals surface area contributed by atoms with E-state index in [0.717, 1.165) is 23.5 Å². The third-order valence-electron chi connectivity index (χ3n) is 4.68. The summed E-state index contributed by atoms with van der Waals surface area (Å²) in [6, 6.07) is 8.37. The van der Waals surface area contributed by atoms with Gasteiger partial charge in [0.15, 0.2) is 0 Å². The minimum absolute atomic E-state index is 0.544. The molecule has 3 rings (SSSR count). The van der Waals surface area contributed by atoms with Gasteiger partial charge in [-0.2, -0.15) is 0 Å². The second kappa shape index (κ2) is 6.44. The molecule has 1 heterocycles. The number of para-hydroxylation sites is 1. The quantitative estimate of drug-likeness (QED) is 0.930. The molecule has 112 valence electrons. The lowest BCUT2D eigenvalue weighted by Crippen LogP contribution is -2.28. The molecule has 1 aromatic heterocycles. The molecule has 1 aromatic carbocycles. The van der Waals surface area contributed by atoms with E-state index in [2.05, 4.69) is 35.1 Å². The van der Waals surface area contributed by atoms with E-state index in [4.69, 9.17) is 5.73 Å². The van der Waals surface area contributed by atoms with Crippen LogP contribution in [0.1, 0.15) is 37.7 Å². The summed E-state index contributed by atoms with van der Waals surface area (Å²) in [5.74, 6) is 0.821. The van der Waals surface area contributed by atoms with Crippen molar-refractivity contribution in [2.45, 2.75) is 38.6 Å². The average molecular weight is 283 g/mol. The predicted molar refractivity (Wildman–Crippen MR) is 89.5 cm³/mol. The molecule has 0 radical (unpaired) electrons. The van der Waals surface area contributed by atoms with E-state index in [0.29, 0.717) is 6.54 Å². The zero-order valence-corrected chi connectivity index (χ0v) is 12.9. The highest BCUT2D eigenvalue weighted by Crippen LogP contribution is 2.31. The Labute approximate surface area is 127 Å². The first-order chi connectivity index (χ1) is 10.3. The maximum Gasteiger partial charge on any atom is 0.0723 e. The molecule has 1 fully saturated rings. The molecule has 3 heteroatoms. The Balaban J connectivity index is 1.93. The minimum atomic E-state index is 0.544. The SMILES string of the molecule is CN(CC1CCCCC1)c1c(CN)cnc2ccccc12. The van der Waals surface area contributed by atoms with Gasteiger partial charge in [0, 0.05) is 37.3 Å². The summed E-state index contributed by atoms with van der Waals surface area (Å²) in [5, 5.41) is 1.22. The monoisotopic (exact) mass is 283 g/mol. The number of rotatable bonds is 4. The summed E-state index contributed by atoms with van der Waals surface area (Å²) in [6.45, 7) is 1.67. The van der Waals surface area contributed by atoms with Crippen LogP contribution in [-0.4, -0.2) is 18.6 Å². The van der Waals surface area contributed by atoms with Crippen molar-refractivity contribution in [1.29, 1.82) is 0 Å². The van der Waals surface area contributed by atoms with Gasteiger partial charge in [-0.25, -0.2) is 0 Å². The van der Waals surface area contributed by atoms with Crippen molar-refractivity contribution in [1.82, 2.24) is 4.98 Å². The third kappa shape index (κ3) is 3.03. The fraction of sp³-hybridized carbons (Fsp3) is 0.500. The second-order valence-corrected chi connectivity index (χ2v) is 6.24. The zero-order valence-electron chi connectivity index (χ0n) is 12.9. The maximum atomic E-state index is 5.95. The number of benzene rings is 1. The van der Waals surface area contributed by atoms with E-state index in [1.165, 1.54) is 43.2 Å². The van der Waals surface area contributed by atoms with Crippen LogP contribution < -0.4 is 10.6 Å².